The van der Waals surface area contributed by atoms with E-state index in [1.165, 1.54) is 11.1 Å². The van der Waals surface area contributed by atoms with Crippen LogP contribution in [0.1, 0.15) is 50.7 Å². The molecule has 1 aromatic carbocycles. The summed E-state index contributed by atoms with van der Waals surface area (Å²) in [6, 6.07) is 8.72. The predicted octanol–water partition coefficient (Wildman–Crippen LogP) is 4.20. The molecule has 86 valence electrons. The molecule has 0 saturated heterocycles. The topological polar surface area (TPSA) is 9.23 Å². The second-order valence-corrected chi connectivity index (χ2v) is 4.35. The van der Waals surface area contributed by atoms with E-state index in [1.54, 1.807) is 14.2 Å². The van der Waals surface area contributed by atoms with Gasteiger partial charge >= 0.3 is 0 Å². The maximum atomic E-state index is 4.25. The van der Waals surface area contributed by atoms with Crippen molar-refractivity contribution in [3.63, 3.8) is 0 Å². The lowest BCUT2D eigenvalue weighted by Gasteiger charge is -2.14. The summed E-state index contributed by atoms with van der Waals surface area (Å²) in [6.45, 7) is 9.00. The summed E-state index contributed by atoms with van der Waals surface area (Å²) in [5, 5.41) is 0. The molecule has 0 amide bonds. The Morgan fingerprint density at radius 3 is 1.27 bits per heavy atom. The molecule has 0 aliphatic rings. The van der Waals surface area contributed by atoms with Crippen molar-refractivity contribution in [2.75, 3.05) is 14.2 Å². The number of benzene rings is 1. The van der Waals surface area contributed by atoms with E-state index in [0.29, 0.717) is 11.8 Å². The molecule has 0 heterocycles. The lowest BCUT2D eigenvalue weighted by atomic mass is 9.91. The van der Waals surface area contributed by atoms with Crippen molar-refractivity contribution < 1.29 is 4.74 Å². The Balaban J connectivity index is 0.000000583. The van der Waals surface area contributed by atoms with Gasteiger partial charge < -0.3 is 4.74 Å². The normalized spacial score (nSPS) is 10.1. The highest BCUT2D eigenvalue weighted by Gasteiger charge is 2.07. The van der Waals surface area contributed by atoms with Gasteiger partial charge in [-0.15, -0.1) is 0 Å². The van der Waals surface area contributed by atoms with Gasteiger partial charge in [0.15, 0.2) is 0 Å². The van der Waals surface area contributed by atoms with Crippen LogP contribution >= 0.6 is 0 Å². The van der Waals surface area contributed by atoms with Gasteiger partial charge in [0.25, 0.3) is 0 Å². The summed E-state index contributed by atoms with van der Waals surface area (Å²) < 4.78 is 4.25. The third-order valence-electron chi connectivity index (χ3n) is 2.24. The molecule has 1 nitrogen and oxygen atoms in total. The minimum Gasteiger partial charge on any atom is -0.388 e. The summed E-state index contributed by atoms with van der Waals surface area (Å²) >= 11 is 0. The van der Waals surface area contributed by atoms with Crippen LogP contribution in [-0.2, 0) is 4.74 Å². The van der Waals surface area contributed by atoms with Crippen LogP contribution in [0, 0.1) is 0 Å². The van der Waals surface area contributed by atoms with Crippen molar-refractivity contribution in [2.45, 2.75) is 39.5 Å². The van der Waals surface area contributed by atoms with Gasteiger partial charge in [-0.2, -0.15) is 0 Å². The first-order chi connectivity index (χ1) is 7.04. The van der Waals surface area contributed by atoms with Gasteiger partial charge in [-0.05, 0) is 23.0 Å². The molecule has 15 heavy (non-hydrogen) atoms. The highest BCUT2D eigenvalue weighted by atomic mass is 16.4. The van der Waals surface area contributed by atoms with Crippen LogP contribution in [0.3, 0.4) is 0 Å². The molecule has 0 atom stereocenters. The fourth-order valence-electron chi connectivity index (χ4n) is 1.56. The van der Waals surface area contributed by atoms with E-state index in [4.69, 9.17) is 0 Å². The molecule has 0 saturated carbocycles. The highest BCUT2D eigenvalue weighted by molar-refractivity contribution is 5.31. The van der Waals surface area contributed by atoms with Crippen LogP contribution in [0.5, 0.6) is 0 Å². The van der Waals surface area contributed by atoms with Gasteiger partial charge in [0.1, 0.15) is 0 Å². The molecule has 0 aliphatic heterocycles. The summed E-state index contributed by atoms with van der Waals surface area (Å²) in [4.78, 5) is 0. The van der Waals surface area contributed by atoms with Crippen molar-refractivity contribution in [1.82, 2.24) is 0 Å². The standard InChI is InChI=1S/C12H18.C2H6O/c1-9(2)11-7-5-6-8-12(11)10(3)4;1-3-2/h5-10H,1-4H3;1-2H3. The fourth-order valence-corrected chi connectivity index (χ4v) is 1.56. The minimum absolute atomic E-state index is 0.642. The number of hydrogen-bond donors (Lipinski definition) is 0. The molecule has 1 heteroatoms. The molecule has 0 spiro atoms. The Kier molecular flexibility index (Phi) is 7.06. The van der Waals surface area contributed by atoms with Gasteiger partial charge in [-0.3, -0.25) is 0 Å². The number of ether oxygens (including phenoxy) is 1. The number of methoxy groups -OCH3 is 1. The lowest BCUT2D eigenvalue weighted by molar-refractivity contribution is 0.277. The third-order valence-corrected chi connectivity index (χ3v) is 2.24. The lowest BCUT2D eigenvalue weighted by Crippen LogP contribution is -1.97. The SMILES string of the molecule is CC(C)c1ccccc1C(C)C.COC. The molecule has 0 aromatic heterocycles. The Labute approximate surface area is 94.5 Å². The Hall–Kier alpha value is -0.820. The smallest absolute Gasteiger partial charge is 0.0351 e. The van der Waals surface area contributed by atoms with Crippen LogP contribution in [-0.4, -0.2) is 14.2 Å². The highest BCUT2D eigenvalue weighted by Crippen LogP contribution is 2.25. The number of hydrogen-bond acceptors (Lipinski definition) is 1. The maximum Gasteiger partial charge on any atom is 0.0351 e. The van der Waals surface area contributed by atoms with Crippen LogP contribution < -0.4 is 0 Å². The zero-order valence-corrected chi connectivity index (χ0v) is 10.9. The molecule has 0 unspecified atom stereocenters. The fraction of sp³-hybridized carbons (Fsp3) is 0.571. The zero-order chi connectivity index (χ0) is 11.8. The predicted molar refractivity (Wildman–Crippen MR) is 67.6 cm³/mol. The first-order valence-electron chi connectivity index (χ1n) is 5.53. The molecule has 0 bridgehead atoms. The van der Waals surface area contributed by atoms with Gasteiger partial charge in [0.2, 0.25) is 0 Å². The minimum atomic E-state index is 0.642. The second kappa shape index (κ2) is 7.47. The van der Waals surface area contributed by atoms with E-state index >= 15 is 0 Å². The Bertz CT molecular complexity index is 237. The van der Waals surface area contributed by atoms with Gasteiger partial charge in [-0.25, -0.2) is 0 Å². The first-order valence-corrected chi connectivity index (χ1v) is 5.53. The molecule has 0 radical (unpaired) electrons. The Morgan fingerprint density at radius 1 is 0.800 bits per heavy atom. The molecule has 0 aliphatic carbocycles. The van der Waals surface area contributed by atoms with E-state index in [9.17, 15) is 0 Å². The first kappa shape index (κ1) is 14.2. The molecule has 0 N–H and O–H groups in total. The largest absolute Gasteiger partial charge is 0.388 e. The molecular weight excluding hydrogens is 184 g/mol. The molecular formula is C14H24O. The van der Waals surface area contributed by atoms with Crippen LogP contribution in [0.2, 0.25) is 0 Å². The zero-order valence-electron chi connectivity index (χ0n) is 10.9. The molecule has 0 fully saturated rings. The van der Waals surface area contributed by atoms with E-state index in [-0.39, 0.29) is 0 Å². The average molecular weight is 208 g/mol. The quantitative estimate of drug-likeness (QED) is 0.708. The average Bonchev–Trinajstić information content (AvgIpc) is 2.19. The van der Waals surface area contributed by atoms with Crippen molar-refractivity contribution in [2.24, 2.45) is 0 Å². The number of rotatable bonds is 2. The van der Waals surface area contributed by atoms with Crippen molar-refractivity contribution in [3.05, 3.63) is 35.4 Å². The summed E-state index contributed by atoms with van der Waals surface area (Å²) in [5.74, 6) is 1.28. The monoisotopic (exact) mass is 208 g/mol. The van der Waals surface area contributed by atoms with Gasteiger partial charge in [-0.1, -0.05) is 52.0 Å². The Morgan fingerprint density at radius 2 is 1.07 bits per heavy atom. The van der Waals surface area contributed by atoms with Gasteiger partial charge in [0, 0.05) is 14.2 Å². The summed E-state index contributed by atoms with van der Waals surface area (Å²) in [6.07, 6.45) is 0. The van der Waals surface area contributed by atoms with E-state index in [1.807, 2.05) is 0 Å². The van der Waals surface area contributed by atoms with E-state index < -0.39 is 0 Å². The summed E-state index contributed by atoms with van der Waals surface area (Å²) in [7, 11) is 3.25. The van der Waals surface area contributed by atoms with E-state index in [2.05, 4.69) is 56.7 Å². The van der Waals surface area contributed by atoms with Crippen LogP contribution in [0.25, 0.3) is 0 Å². The van der Waals surface area contributed by atoms with Crippen LogP contribution in [0.15, 0.2) is 24.3 Å². The van der Waals surface area contributed by atoms with Crippen LogP contribution in [0.4, 0.5) is 0 Å². The van der Waals surface area contributed by atoms with Crippen molar-refractivity contribution in [1.29, 1.82) is 0 Å². The van der Waals surface area contributed by atoms with E-state index in [0.717, 1.165) is 0 Å². The second-order valence-electron chi connectivity index (χ2n) is 4.35. The third kappa shape index (κ3) is 4.98. The molecule has 1 aromatic rings. The summed E-state index contributed by atoms with van der Waals surface area (Å²) in [5.41, 5.74) is 2.99. The van der Waals surface area contributed by atoms with Crippen molar-refractivity contribution >= 4 is 0 Å². The maximum absolute atomic E-state index is 4.25. The van der Waals surface area contributed by atoms with Gasteiger partial charge in [0.05, 0.1) is 0 Å². The van der Waals surface area contributed by atoms with Crippen molar-refractivity contribution in [3.8, 4) is 0 Å². The molecule has 1 rings (SSSR count).